The van der Waals surface area contributed by atoms with Crippen LogP contribution in [0.5, 0.6) is 17.2 Å². The van der Waals surface area contributed by atoms with E-state index in [4.69, 9.17) is 14.2 Å². The Kier molecular flexibility index (Phi) is 4.96. The third-order valence-corrected chi connectivity index (χ3v) is 4.96. The van der Waals surface area contributed by atoms with Crippen molar-refractivity contribution in [3.63, 3.8) is 0 Å². The van der Waals surface area contributed by atoms with E-state index in [0.717, 1.165) is 33.7 Å². The maximum Gasteiger partial charge on any atom is 0.195 e. The van der Waals surface area contributed by atoms with Crippen LogP contribution >= 0.6 is 0 Å². The second-order valence-corrected chi connectivity index (χ2v) is 6.57. The number of benzene rings is 3. The Morgan fingerprint density at radius 3 is 1.86 bits per heavy atom. The molecule has 1 N–H and O–H groups in total. The van der Waals surface area contributed by atoms with Crippen molar-refractivity contribution in [2.45, 2.75) is 0 Å². The molecule has 0 aliphatic rings. The van der Waals surface area contributed by atoms with Crippen molar-refractivity contribution in [1.29, 1.82) is 0 Å². The highest BCUT2D eigenvalue weighted by Crippen LogP contribution is 2.34. The number of hydrogen-bond acceptors (Lipinski definition) is 4. The molecule has 3 aromatic carbocycles. The van der Waals surface area contributed by atoms with E-state index in [9.17, 15) is 4.79 Å². The lowest BCUT2D eigenvalue weighted by Gasteiger charge is -2.07. The number of hydrogen-bond donors (Lipinski definition) is 1. The summed E-state index contributed by atoms with van der Waals surface area (Å²) >= 11 is 0. The Morgan fingerprint density at radius 2 is 1.28 bits per heavy atom. The standard InChI is InChI=1S/C24H21NO4/c1-27-17-8-4-15(5-9-17)23-22(20-13-12-19(29-3)14-21(20)25-23)24(26)16-6-10-18(28-2)11-7-16/h4-14,25H,1-3H3. The number of methoxy groups -OCH3 is 3. The zero-order chi connectivity index (χ0) is 20.4. The average Bonchev–Trinajstić information content (AvgIpc) is 3.17. The highest BCUT2D eigenvalue weighted by Gasteiger charge is 2.21. The van der Waals surface area contributed by atoms with E-state index in [1.54, 1.807) is 45.6 Å². The molecular formula is C24H21NO4. The van der Waals surface area contributed by atoms with Gasteiger partial charge in [0.25, 0.3) is 0 Å². The van der Waals surface area contributed by atoms with Gasteiger partial charge in [0.15, 0.2) is 5.78 Å². The fourth-order valence-corrected chi connectivity index (χ4v) is 3.40. The van der Waals surface area contributed by atoms with Gasteiger partial charge in [0.1, 0.15) is 17.2 Å². The minimum atomic E-state index is -0.0603. The van der Waals surface area contributed by atoms with Crippen LogP contribution in [0, 0.1) is 0 Å². The first-order chi connectivity index (χ1) is 14.1. The monoisotopic (exact) mass is 387 g/mol. The summed E-state index contributed by atoms with van der Waals surface area (Å²) in [7, 11) is 4.85. The van der Waals surface area contributed by atoms with Gasteiger partial charge in [0, 0.05) is 17.0 Å². The van der Waals surface area contributed by atoms with Gasteiger partial charge in [0.05, 0.1) is 38.1 Å². The molecule has 146 valence electrons. The summed E-state index contributed by atoms with van der Waals surface area (Å²) in [6.45, 7) is 0. The molecule has 0 radical (unpaired) electrons. The van der Waals surface area contributed by atoms with Crippen LogP contribution in [-0.4, -0.2) is 32.1 Å². The number of carbonyl (C=O) groups is 1. The third-order valence-electron chi connectivity index (χ3n) is 4.96. The summed E-state index contributed by atoms with van der Waals surface area (Å²) in [5, 5.41) is 0.845. The molecule has 5 heteroatoms. The highest BCUT2D eigenvalue weighted by atomic mass is 16.5. The van der Waals surface area contributed by atoms with Crippen molar-refractivity contribution in [3.05, 3.63) is 77.9 Å². The van der Waals surface area contributed by atoms with Crippen molar-refractivity contribution in [2.24, 2.45) is 0 Å². The van der Waals surface area contributed by atoms with E-state index in [-0.39, 0.29) is 5.78 Å². The summed E-state index contributed by atoms with van der Waals surface area (Å²) in [6.07, 6.45) is 0. The molecule has 0 atom stereocenters. The number of carbonyl (C=O) groups excluding carboxylic acids is 1. The summed E-state index contributed by atoms with van der Waals surface area (Å²) in [5.41, 5.74) is 3.72. The number of aromatic nitrogens is 1. The van der Waals surface area contributed by atoms with E-state index in [0.29, 0.717) is 16.9 Å². The van der Waals surface area contributed by atoms with Crippen LogP contribution in [0.2, 0.25) is 0 Å². The van der Waals surface area contributed by atoms with E-state index in [1.165, 1.54) is 0 Å². The molecule has 0 amide bonds. The fourth-order valence-electron chi connectivity index (χ4n) is 3.40. The van der Waals surface area contributed by atoms with Gasteiger partial charge in [-0.2, -0.15) is 0 Å². The SMILES string of the molecule is COc1ccc(C(=O)c2c(-c3ccc(OC)cc3)[nH]c3cc(OC)ccc23)cc1. The Labute approximate surface area is 168 Å². The lowest BCUT2D eigenvalue weighted by molar-refractivity contribution is 0.104. The number of nitrogens with one attached hydrogen (secondary N) is 1. The molecule has 0 aliphatic carbocycles. The van der Waals surface area contributed by atoms with Gasteiger partial charge in [-0.3, -0.25) is 4.79 Å². The van der Waals surface area contributed by atoms with Crippen LogP contribution < -0.4 is 14.2 Å². The smallest absolute Gasteiger partial charge is 0.195 e. The number of aromatic amines is 1. The molecule has 4 rings (SSSR count). The highest BCUT2D eigenvalue weighted by molar-refractivity contribution is 6.20. The number of fused-ring (bicyclic) bond motifs is 1. The van der Waals surface area contributed by atoms with Gasteiger partial charge < -0.3 is 19.2 Å². The van der Waals surface area contributed by atoms with Gasteiger partial charge in [-0.25, -0.2) is 0 Å². The minimum Gasteiger partial charge on any atom is -0.497 e. The molecule has 0 saturated carbocycles. The van der Waals surface area contributed by atoms with Crippen LogP contribution in [0.4, 0.5) is 0 Å². The molecule has 5 nitrogen and oxygen atoms in total. The van der Waals surface area contributed by atoms with E-state index in [2.05, 4.69) is 4.98 Å². The molecule has 4 aromatic rings. The molecule has 1 heterocycles. The summed E-state index contributed by atoms with van der Waals surface area (Å²) in [5.74, 6) is 2.13. The van der Waals surface area contributed by atoms with Crippen molar-refractivity contribution in [1.82, 2.24) is 4.98 Å². The fraction of sp³-hybridized carbons (Fsp3) is 0.125. The predicted octanol–water partition coefficient (Wildman–Crippen LogP) is 5.09. The molecule has 0 saturated heterocycles. The van der Waals surface area contributed by atoms with Gasteiger partial charge in [0.2, 0.25) is 0 Å². The van der Waals surface area contributed by atoms with Crippen molar-refractivity contribution in [2.75, 3.05) is 21.3 Å². The summed E-state index contributed by atoms with van der Waals surface area (Å²) < 4.78 is 15.8. The second-order valence-electron chi connectivity index (χ2n) is 6.57. The minimum absolute atomic E-state index is 0.0603. The lowest BCUT2D eigenvalue weighted by Crippen LogP contribution is -2.02. The molecule has 0 spiro atoms. The van der Waals surface area contributed by atoms with E-state index < -0.39 is 0 Å². The zero-order valence-corrected chi connectivity index (χ0v) is 16.5. The van der Waals surface area contributed by atoms with Crippen molar-refractivity contribution in [3.8, 4) is 28.5 Å². The van der Waals surface area contributed by atoms with Crippen LogP contribution in [0.1, 0.15) is 15.9 Å². The first-order valence-electron chi connectivity index (χ1n) is 9.17. The van der Waals surface area contributed by atoms with Gasteiger partial charge >= 0.3 is 0 Å². The third kappa shape index (κ3) is 3.43. The van der Waals surface area contributed by atoms with Crippen LogP contribution in [0.25, 0.3) is 22.2 Å². The number of H-pyrrole nitrogens is 1. The number of ketones is 1. The Hall–Kier alpha value is -3.73. The topological polar surface area (TPSA) is 60.5 Å². The van der Waals surface area contributed by atoms with Gasteiger partial charge in [-0.1, -0.05) is 0 Å². The van der Waals surface area contributed by atoms with E-state index in [1.807, 2.05) is 42.5 Å². The predicted molar refractivity (Wildman–Crippen MR) is 113 cm³/mol. The maximum atomic E-state index is 13.5. The van der Waals surface area contributed by atoms with Crippen LogP contribution in [-0.2, 0) is 0 Å². The summed E-state index contributed by atoms with van der Waals surface area (Å²) in [4.78, 5) is 16.9. The molecular weight excluding hydrogens is 366 g/mol. The van der Waals surface area contributed by atoms with Crippen LogP contribution in [0.15, 0.2) is 66.7 Å². The Bertz CT molecular complexity index is 1160. The molecule has 0 unspecified atom stereocenters. The van der Waals surface area contributed by atoms with E-state index >= 15 is 0 Å². The quantitative estimate of drug-likeness (QED) is 0.468. The molecule has 0 bridgehead atoms. The molecule has 1 aromatic heterocycles. The maximum absolute atomic E-state index is 13.5. The first kappa shape index (κ1) is 18.6. The molecule has 0 aliphatic heterocycles. The number of ether oxygens (including phenoxy) is 3. The largest absolute Gasteiger partial charge is 0.497 e. The van der Waals surface area contributed by atoms with Crippen molar-refractivity contribution < 1.29 is 19.0 Å². The van der Waals surface area contributed by atoms with Crippen LogP contribution in [0.3, 0.4) is 0 Å². The summed E-state index contributed by atoms with van der Waals surface area (Å²) in [6, 6.07) is 20.4. The van der Waals surface area contributed by atoms with Gasteiger partial charge in [-0.15, -0.1) is 0 Å². The second kappa shape index (κ2) is 7.72. The van der Waals surface area contributed by atoms with Gasteiger partial charge in [-0.05, 0) is 66.2 Å². The molecule has 29 heavy (non-hydrogen) atoms. The Morgan fingerprint density at radius 1 is 0.724 bits per heavy atom. The normalized spacial score (nSPS) is 10.7. The Balaban J connectivity index is 1.89. The van der Waals surface area contributed by atoms with Crippen molar-refractivity contribution >= 4 is 16.7 Å². The molecule has 0 fully saturated rings. The average molecular weight is 387 g/mol. The zero-order valence-electron chi connectivity index (χ0n) is 16.5. The first-order valence-corrected chi connectivity index (χ1v) is 9.17. The number of rotatable bonds is 6. The lowest BCUT2D eigenvalue weighted by atomic mass is 9.97.